The molecule has 7 nitrogen and oxygen atoms in total. The molecule has 1 aliphatic rings. The maximum Gasteiger partial charge on any atom is 0.224 e. The Labute approximate surface area is 191 Å². The zero-order valence-corrected chi connectivity index (χ0v) is 19.6. The van der Waals surface area contributed by atoms with Crippen LogP contribution in [0.3, 0.4) is 0 Å². The number of benzene rings is 1. The number of hydrogen-bond donors (Lipinski definition) is 1. The van der Waals surface area contributed by atoms with Gasteiger partial charge in [-0.05, 0) is 43.5 Å². The Balaban J connectivity index is 1.46. The molecule has 1 fully saturated rings. The van der Waals surface area contributed by atoms with Gasteiger partial charge in [-0.1, -0.05) is 13.8 Å². The zero-order valence-electron chi connectivity index (χ0n) is 19.6. The van der Waals surface area contributed by atoms with Crippen molar-refractivity contribution in [3.8, 4) is 0 Å². The standard InChI is InChI=1S/C25H38N4O3/c1-3-11-29(12-4-2)25(31)7-5-6-24(30)26-22-8-9-23-21(20-22)10-13-28(23)15-14-27-16-18-32-19-17-27/h8-10,13,20H,3-7,11-12,14-19H2,1-2H3,(H,26,30). The summed E-state index contributed by atoms with van der Waals surface area (Å²) in [6, 6.07) is 8.15. The summed E-state index contributed by atoms with van der Waals surface area (Å²) in [7, 11) is 0. The van der Waals surface area contributed by atoms with Crippen LogP contribution in [0.25, 0.3) is 10.9 Å². The van der Waals surface area contributed by atoms with Crippen LogP contribution in [0.4, 0.5) is 5.69 Å². The van der Waals surface area contributed by atoms with Gasteiger partial charge in [0.2, 0.25) is 11.8 Å². The minimum atomic E-state index is -0.0403. The minimum Gasteiger partial charge on any atom is -0.379 e. The summed E-state index contributed by atoms with van der Waals surface area (Å²) in [6.45, 7) is 11.3. The number of fused-ring (bicyclic) bond motifs is 1. The highest BCUT2D eigenvalue weighted by atomic mass is 16.5. The van der Waals surface area contributed by atoms with Crippen LogP contribution >= 0.6 is 0 Å². The molecular weight excluding hydrogens is 404 g/mol. The predicted molar refractivity (Wildman–Crippen MR) is 129 cm³/mol. The third kappa shape index (κ3) is 7.07. The maximum atomic E-state index is 12.4. The average Bonchev–Trinajstić information content (AvgIpc) is 3.20. The lowest BCUT2D eigenvalue weighted by Crippen LogP contribution is -2.38. The Kier molecular flexibility index (Phi) is 9.56. The van der Waals surface area contributed by atoms with Gasteiger partial charge in [0, 0.05) is 74.9 Å². The Morgan fingerprint density at radius 1 is 1.03 bits per heavy atom. The van der Waals surface area contributed by atoms with Gasteiger partial charge in [-0.3, -0.25) is 14.5 Å². The van der Waals surface area contributed by atoms with Gasteiger partial charge in [0.05, 0.1) is 13.2 Å². The SMILES string of the molecule is CCCN(CCC)C(=O)CCCC(=O)Nc1ccc2c(ccn2CCN2CCOCC2)c1. The van der Waals surface area contributed by atoms with Crippen LogP contribution in [0.15, 0.2) is 30.5 Å². The lowest BCUT2D eigenvalue weighted by atomic mass is 10.2. The number of amides is 2. The first-order chi connectivity index (χ1) is 15.6. The minimum absolute atomic E-state index is 0.0403. The van der Waals surface area contributed by atoms with Crippen molar-refractivity contribution in [3.63, 3.8) is 0 Å². The van der Waals surface area contributed by atoms with Gasteiger partial charge in [0.15, 0.2) is 0 Å². The Morgan fingerprint density at radius 3 is 2.50 bits per heavy atom. The van der Waals surface area contributed by atoms with E-state index in [-0.39, 0.29) is 11.8 Å². The fourth-order valence-electron chi connectivity index (χ4n) is 4.23. The lowest BCUT2D eigenvalue weighted by Gasteiger charge is -2.26. The highest BCUT2D eigenvalue weighted by Gasteiger charge is 2.13. The van der Waals surface area contributed by atoms with Crippen molar-refractivity contribution in [1.82, 2.24) is 14.4 Å². The molecule has 0 spiro atoms. The summed E-state index contributed by atoms with van der Waals surface area (Å²) in [5.74, 6) is 0.114. The summed E-state index contributed by atoms with van der Waals surface area (Å²) in [5, 5.41) is 4.11. The monoisotopic (exact) mass is 442 g/mol. The van der Waals surface area contributed by atoms with Gasteiger partial charge in [-0.2, -0.15) is 0 Å². The third-order valence-corrected chi connectivity index (χ3v) is 5.95. The van der Waals surface area contributed by atoms with E-state index in [1.165, 1.54) is 5.52 Å². The molecule has 2 heterocycles. The molecule has 1 N–H and O–H groups in total. The first-order valence-corrected chi connectivity index (χ1v) is 12.1. The number of ether oxygens (including phenoxy) is 1. The van der Waals surface area contributed by atoms with Crippen molar-refractivity contribution in [2.45, 2.75) is 52.5 Å². The highest BCUT2D eigenvalue weighted by molar-refractivity contribution is 5.94. The number of nitrogens with zero attached hydrogens (tertiary/aromatic N) is 3. The normalized spacial score (nSPS) is 14.6. The molecule has 0 saturated carbocycles. The van der Waals surface area contributed by atoms with Gasteiger partial charge >= 0.3 is 0 Å². The number of aromatic nitrogens is 1. The van der Waals surface area contributed by atoms with Crippen LogP contribution in [-0.2, 0) is 20.9 Å². The van der Waals surface area contributed by atoms with E-state index >= 15 is 0 Å². The van der Waals surface area contributed by atoms with E-state index in [0.29, 0.717) is 19.3 Å². The molecular formula is C25H38N4O3. The van der Waals surface area contributed by atoms with Crippen molar-refractivity contribution in [3.05, 3.63) is 30.5 Å². The zero-order chi connectivity index (χ0) is 22.8. The second-order valence-electron chi connectivity index (χ2n) is 8.52. The molecule has 0 atom stereocenters. The number of rotatable bonds is 12. The number of morpholine rings is 1. The molecule has 3 rings (SSSR count). The van der Waals surface area contributed by atoms with E-state index in [1.807, 2.05) is 17.0 Å². The fraction of sp³-hybridized carbons (Fsp3) is 0.600. The largest absolute Gasteiger partial charge is 0.379 e. The van der Waals surface area contributed by atoms with E-state index in [0.717, 1.165) is 76.4 Å². The predicted octanol–water partition coefficient (Wildman–Crippen LogP) is 3.73. The lowest BCUT2D eigenvalue weighted by molar-refractivity contribution is -0.131. The Hall–Kier alpha value is -2.38. The van der Waals surface area contributed by atoms with Gasteiger partial charge in [-0.25, -0.2) is 0 Å². The molecule has 0 bridgehead atoms. The molecule has 2 aromatic rings. The second kappa shape index (κ2) is 12.6. The van der Waals surface area contributed by atoms with E-state index in [4.69, 9.17) is 4.74 Å². The first-order valence-electron chi connectivity index (χ1n) is 12.1. The molecule has 1 aliphatic heterocycles. The second-order valence-corrected chi connectivity index (χ2v) is 8.52. The summed E-state index contributed by atoms with van der Waals surface area (Å²) < 4.78 is 7.68. The Morgan fingerprint density at radius 2 is 1.78 bits per heavy atom. The quantitative estimate of drug-likeness (QED) is 0.544. The molecule has 176 valence electrons. The molecule has 32 heavy (non-hydrogen) atoms. The molecule has 1 aromatic heterocycles. The topological polar surface area (TPSA) is 66.8 Å². The van der Waals surface area contributed by atoms with Crippen molar-refractivity contribution in [2.24, 2.45) is 0 Å². The molecule has 0 radical (unpaired) electrons. The van der Waals surface area contributed by atoms with Crippen LogP contribution in [0.5, 0.6) is 0 Å². The van der Waals surface area contributed by atoms with Crippen LogP contribution < -0.4 is 5.32 Å². The van der Waals surface area contributed by atoms with Crippen molar-refractivity contribution >= 4 is 28.4 Å². The van der Waals surface area contributed by atoms with Crippen molar-refractivity contribution in [1.29, 1.82) is 0 Å². The molecule has 0 aliphatic carbocycles. The molecule has 7 heteroatoms. The Bertz CT molecular complexity index is 867. The van der Waals surface area contributed by atoms with Crippen molar-refractivity contribution in [2.75, 3.05) is 51.3 Å². The van der Waals surface area contributed by atoms with Gasteiger partial charge in [0.25, 0.3) is 0 Å². The molecule has 1 saturated heterocycles. The van der Waals surface area contributed by atoms with E-state index in [1.54, 1.807) is 0 Å². The number of anilines is 1. The van der Waals surface area contributed by atoms with Crippen LogP contribution in [0.1, 0.15) is 46.0 Å². The summed E-state index contributed by atoms with van der Waals surface area (Å²) >= 11 is 0. The first kappa shape index (κ1) is 24.3. The molecule has 0 unspecified atom stereocenters. The summed E-state index contributed by atoms with van der Waals surface area (Å²) in [4.78, 5) is 29.1. The van der Waals surface area contributed by atoms with E-state index < -0.39 is 0 Å². The molecule has 2 amide bonds. The van der Waals surface area contributed by atoms with E-state index in [2.05, 4.69) is 47.0 Å². The van der Waals surface area contributed by atoms with Gasteiger partial charge < -0.3 is 19.5 Å². The van der Waals surface area contributed by atoms with Gasteiger partial charge in [-0.15, -0.1) is 0 Å². The number of carbonyl (C=O) groups is 2. The fourth-order valence-corrected chi connectivity index (χ4v) is 4.23. The highest BCUT2D eigenvalue weighted by Crippen LogP contribution is 2.21. The number of hydrogen-bond acceptors (Lipinski definition) is 4. The van der Waals surface area contributed by atoms with Crippen molar-refractivity contribution < 1.29 is 14.3 Å². The maximum absolute atomic E-state index is 12.4. The van der Waals surface area contributed by atoms with Crippen LogP contribution in [-0.4, -0.2) is 72.1 Å². The number of nitrogens with one attached hydrogen (secondary N) is 1. The van der Waals surface area contributed by atoms with Crippen LogP contribution in [0.2, 0.25) is 0 Å². The van der Waals surface area contributed by atoms with E-state index in [9.17, 15) is 9.59 Å². The van der Waals surface area contributed by atoms with Crippen LogP contribution in [0, 0.1) is 0 Å². The van der Waals surface area contributed by atoms with Gasteiger partial charge in [0.1, 0.15) is 0 Å². The third-order valence-electron chi connectivity index (χ3n) is 5.95. The summed E-state index contributed by atoms with van der Waals surface area (Å²) in [6.07, 6.45) is 5.40. The molecule has 1 aromatic carbocycles. The summed E-state index contributed by atoms with van der Waals surface area (Å²) in [5.41, 5.74) is 1.98. The number of carbonyl (C=O) groups excluding carboxylic acids is 2. The average molecular weight is 443 g/mol. The smallest absolute Gasteiger partial charge is 0.224 e.